The molecule has 0 aliphatic heterocycles. The van der Waals surface area contributed by atoms with Gasteiger partial charge in [-0.15, -0.1) is 0 Å². The topological polar surface area (TPSA) is 56.9 Å². The van der Waals surface area contributed by atoms with E-state index in [0.717, 1.165) is 18.5 Å². The molecule has 0 bridgehead atoms. The van der Waals surface area contributed by atoms with Crippen molar-refractivity contribution in [3.63, 3.8) is 0 Å². The first kappa shape index (κ1) is 20.6. The molecule has 0 unspecified atom stereocenters. The van der Waals surface area contributed by atoms with Gasteiger partial charge in [-0.3, -0.25) is 14.2 Å². The Labute approximate surface area is 183 Å². The van der Waals surface area contributed by atoms with E-state index in [2.05, 4.69) is 12.1 Å². The van der Waals surface area contributed by atoms with E-state index in [1.807, 2.05) is 54.8 Å². The first-order valence-electron chi connectivity index (χ1n) is 9.95. The van der Waals surface area contributed by atoms with Gasteiger partial charge in [-0.2, -0.15) is 0 Å². The predicted molar refractivity (Wildman–Crippen MR) is 125 cm³/mol. The highest BCUT2D eigenvalue weighted by molar-refractivity contribution is 7.99. The Morgan fingerprint density at radius 2 is 1.73 bits per heavy atom. The van der Waals surface area contributed by atoms with Crippen LogP contribution in [-0.2, 0) is 19.5 Å². The Morgan fingerprint density at radius 3 is 2.50 bits per heavy atom. The summed E-state index contributed by atoms with van der Waals surface area (Å²) in [6.45, 7) is 3.16. The zero-order valence-electron chi connectivity index (χ0n) is 16.8. The second kappa shape index (κ2) is 9.45. The molecule has 2 aromatic carbocycles. The third-order valence-corrected chi connectivity index (χ3v) is 6.88. The Balaban J connectivity index is 1.55. The van der Waals surface area contributed by atoms with Crippen molar-refractivity contribution in [3.05, 3.63) is 91.3 Å². The van der Waals surface area contributed by atoms with E-state index in [9.17, 15) is 9.59 Å². The molecule has 0 atom stereocenters. The van der Waals surface area contributed by atoms with Crippen molar-refractivity contribution >= 4 is 34.0 Å². The second-order valence-corrected chi connectivity index (χ2v) is 8.98. The molecule has 0 saturated heterocycles. The minimum atomic E-state index is 0.0000394. The van der Waals surface area contributed by atoms with E-state index in [-0.39, 0.29) is 10.4 Å². The smallest absolute Gasteiger partial charge is 0.303 e. The van der Waals surface area contributed by atoms with Crippen LogP contribution < -0.4 is 10.4 Å². The average Bonchev–Trinajstić information content (AvgIpc) is 3.08. The number of thiazole rings is 1. The van der Waals surface area contributed by atoms with Crippen LogP contribution >= 0.6 is 23.1 Å². The summed E-state index contributed by atoms with van der Waals surface area (Å²) in [6.07, 6.45) is 1.77. The SMILES string of the molecule is Cc1csc(=O)n1CCSc1nc2ccccc2c(=O)n1CCCc1ccccc1. The number of nitrogens with zero attached hydrogens (tertiary/aromatic N) is 3. The number of rotatable bonds is 8. The fourth-order valence-electron chi connectivity index (χ4n) is 3.44. The maximum Gasteiger partial charge on any atom is 0.307 e. The molecular weight excluding hydrogens is 414 g/mol. The number of fused-ring (bicyclic) bond motifs is 1. The van der Waals surface area contributed by atoms with Gasteiger partial charge < -0.3 is 4.57 Å². The van der Waals surface area contributed by atoms with E-state index in [4.69, 9.17) is 4.98 Å². The third-order valence-electron chi connectivity index (χ3n) is 5.04. The fraction of sp³-hybridized carbons (Fsp3) is 0.261. The Kier molecular flexibility index (Phi) is 6.50. The summed E-state index contributed by atoms with van der Waals surface area (Å²) >= 11 is 2.76. The van der Waals surface area contributed by atoms with E-state index < -0.39 is 0 Å². The van der Waals surface area contributed by atoms with E-state index in [1.54, 1.807) is 9.13 Å². The molecule has 0 spiro atoms. The molecule has 2 aromatic heterocycles. The molecule has 0 saturated carbocycles. The minimum Gasteiger partial charge on any atom is -0.303 e. The third kappa shape index (κ3) is 4.57. The molecule has 30 heavy (non-hydrogen) atoms. The van der Waals surface area contributed by atoms with Gasteiger partial charge in [-0.1, -0.05) is 65.6 Å². The Bertz CT molecular complexity index is 1260. The van der Waals surface area contributed by atoms with Gasteiger partial charge in [-0.05, 0) is 37.5 Å². The Hall–Kier alpha value is -2.64. The maximum atomic E-state index is 13.1. The van der Waals surface area contributed by atoms with Gasteiger partial charge in [0.2, 0.25) is 0 Å². The summed E-state index contributed by atoms with van der Waals surface area (Å²) in [5.74, 6) is 0.681. The molecule has 0 radical (unpaired) electrons. The van der Waals surface area contributed by atoms with Crippen LogP contribution in [0.5, 0.6) is 0 Å². The molecule has 0 fully saturated rings. The van der Waals surface area contributed by atoms with Gasteiger partial charge in [0, 0.05) is 29.9 Å². The van der Waals surface area contributed by atoms with E-state index >= 15 is 0 Å². The van der Waals surface area contributed by atoms with Gasteiger partial charge in [0.05, 0.1) is 10.9 Å². The average molecular weight is 438 g/mol. The summed E-state index contributed by atoms with van der Waals surface area (Å²) in [4.78, 5) is 29.9. The van der Waals surface area contributed by atoms with Gasteiger partial charge in [0.25, 0.3) is 5.56 Å². The van der Waals surface area contributed by atoms with Crippen molar-refractivity contribution in [2.45, 2.75) is 38.0 Å². The van der Waals surface area contributed by atoms with Crippen LogP contribution in [0.4, 0.5) is 0 Å². The lowest BCUT2D eigenvalue weighted by Gasteiger charge is -2.13. The first-order chi connectivity index (χ1) is 14.6. The molecular formula is C23H23N3O2S2. The lowest BCUT2D eigenvalue weighted by Crippen LogP contribution is -2.24. The summed E-state index contributed by atoms with van der Waals surface area (Å²) in [5.41, 5.74) is 2.95. The highest BCUT2D eigenvalue weighted by atomic mass is 32.2. The largest absolute Gasteiger partial charge is 0.307 e. The van der Waals surface area contributed by atoms with Gasteiger partial charge >= 0.3 is 4.87 Å². The summed E-state index contributed by atoms with van der Waals surface area (Å²) < 4.78 is 3.57. The van der Waals surface area contributed by atoms with Crippen molar-refractivity contribution in [1.29, 1.82) is 0 Å². The molecule has 0 N–H and O–H groups in total. The number of aromatic nitrogens is 3. The summed E-state index contributed by atoms with van der Waals surface area (Å²) in [6, 6.07) is 17.8. The van der Waals surface area contributed by atoms with Gasteiger partial charge in [-0.25, -0.2) is 4.98 Å². The molecule has 7 heteroatoms. The molecule has 4 rings (SSSR count). The number of benzene rings is 2. The quantitative estimate of drug-likeness (QED) is 0.304. The molecule has 5 nitrogen and oxygen atoms in total. The van der Waals surface area contributed by atoms with E-state index in [1.165, 1.54) is 28.7 Å². The molecule has 154 valence electrons. The van der Waals surface area contributed by atoms with Crippen molar-refractivity contribution in [2.24, 2.45) is 0 Å². The van der Waals surface area contributed by atoms with Crippen LogP contribution in [-0.4, -0.2) is 19.9 Å². The summed E-state index contributed by atoms with van der Waals surface area (Å²) in [7, 11) is 0. The number of aryl methyl sites for hydroxylation is 2. The number of hydrogen-bond donors (Lipinski definition) is 0. The number of hydrogen-bond acceptors (Lipinski definition) is 5. The van der Waals surface area contributed by atoms with Crippen molar-refractivity contribution in [1.82, 2.24) is 14.1 Å². The Morgan fingerprint density at radius 1 is 0.967 bits per heavy atom. The zero-order valence-corrected chi connectivity index (χ0v) is 18.4. The predicted octanol–water partition coefficient (Wildman–Crippen LogP) is 4.35. The van der Waals surface area contributed by atoms with Crippen LogP contribution in [0.1, 0.15) is 17.7 Å². The monoisotopic (exact) mass is 437 g/mol. The van der Waals surface area contributed by atoms with Crippen LogP contribution in [0.25, 0.3) is 10.9 Å². The molecule has 0 aliphatic rings. The highest BCUT2D eigenvalue weighted by Gasteiger charge is 2.12. The van der Waals surface area contributed by atoms with E-state index in [0.29, 0.717) is 34.9 Å². The molecule has 0 amide bonds. The highest BCUT2D eigenvalue weighted by Crippen LogP contribution is 2.19. The van der Waals surface area contributed by atoms with Crippen LogP contribution in [0.15, 0.2) is 74.7 Å². The first-order valence-corrected chi connectivity index (χ1v) is 11.8. The maximum absolute atomic E-state index is 13.1. The van der Waals surface area contributed by atoms with Gasteiger partial charge in [0.15, 0.2) is 5.16 Å². The molecule has 2 heterocycles. The lowest BCUT2D eigenvalue weighted by molar-refractivity contribution is 0.563. The van der Waals surface area contributed by atoms with Crippen LogP contribution in [0.3, 0.4) is 0 Å². The van der Waals surface area contributed by atoms with Crippen molar-refractivity contribution < 1.29 is 0 Å². The summed E-state index contributed by atoms with van der Waals surface area (Å²) in [5, 5.41) is 3.24. The lowest BCUT2D eigenvalue weighted by atomic mass is 10.1. The fourth-order valence-corrected chi connectivity index (χ4v) is 5.15. The normalized spacial score (nSPS) is 11.2. The van der Waals surface area contributed by atoms with Crippen molar-refractivity contribution in [3.8, 4) is 0 Å². The van der Waals surface area contributed by atoms with Crippen molar-refractivity contribution in [2.75, 3.05) is 5.75 Å². The molecule has 4 aromatic rings. The van der Waals surface area contributed by atoms with Gasteiger partial charge in [0.1, 0.15) is 0 Å². The zero-order chi connectivity index (χ0) is 20.9. The standard InChI is InChI=1S/C23H23N3O2S2/c1-17-16-30-23(28)25(17)14-15-29-22-24-20-12-6-5-11-19(20)21(27)26(22)13-7-10-18-8-3-2-4-9-18/h2-6,8-9,11-12,16H,7,10,13-15H2,1H3. The number of thioether (sulfide) groups is 1. The van der Waals surface area contributed by atoms with Crippen LogP contribution in [0, 0.1) is 6.92 Å². The second-order valence-electron chi connectivity index (χ2n) is 7.10. The minimum absolute atomic E-state index is 0.0000394. The number of para-hydroxylation sites is 1. The van der Waals surface area contributed by atoms with Crippen LogP contribution in [0.2, 0.25) is 0 Å². The molecule has 0 aliphatic carbocycles.